The van der Waals surface area contributed by atoms with Crippen LogP contribution in [0.4, 0.5) is 5.69 Å². The predicted octanol–water partition coefficient (Wildman–Crippen LogP) is 2.32. The van der Waals surface area contributed by atoms with Crippen molar-refractivity contribution in [2.45, 2.75) is 46.1 Å². The quantitative estimate of drug-likeness (QED) is 0.715. The number of hydrogen-bond acceptors (Lipinski definition) is 4. The fraction of sp³-hybridized carbons (Fsp3) is 0.429. The van der Waals surface area contributed by atoms with Gasteiger partial charge in [-0.1, -0.05) is 45.9 Å². The molecule has 1 aromatic carbocycles. The summed E-state index contributed by atoms with van der Waals surface area (Å²) in [6.45, 7) is 7.88. The van der Waals surface area contributed by atoms with E-state index in [-0.39, 0.29) is 23.9 Å². The molecule has 8 heteroatoms. The van der Waals surface area contributed by atoms with Crippen molar-refractivity contribution in [3.8, 4) is 0 Å². The minimum atomic E-state index is -0.572. The van der Waals surface area contributed by atoms with Crippen molar-refractivity contribution in [2.75, 3.05) is 5.32 Å². The Hall–Kier alpha value is -3.16. The third-order valence-electron chi connectivity index (χ3n) is 5.14. The Bertz CT molecular complexity index is 1170. The number of aromatic nitrogens is 4. The number of anilines is 1. The zero-order chi connectivity index (χ0) is 21.5. The molecule has 0 atom stereocenters. The van der Waals surface area contributed by atoms with Crippen LogP contribution in [-0.4, -0.2) is 24.6 Å². The van der Waals surface area contributed by atoms with Gasteiger partial charge in [0.15, 0.2) is 11.2 Å². The van der Waals surface area contributed by atoms with E-state index in [1.807, 2.05) is 18.2 Å². The number of benzene rings is 1. The first-order valence-electron chi connectivity index (χ1n) is 9.67. The predicted molar refractivity (Wildman–Crippen MR) is 113 cm³/mol. The van der Waals surface area contributed by atoms with Crippen molar-refractivity contribution in [1.82, 2.24) is 18.7 Å². The van der Waals surface area contributed by atoms with Crippen LogP contribution in [0.2, 0.25) is 0 Å². The highest BCUT2D eigenvalue weighted by molar-refractivity contribution is 5.92. The van der Waals surface area contributed by atoms with Crippen molar-refractivity contribution in [3.63, 3.8) is 0 Å². The fourth-order valence-corrected chi connectivity index (χ4v) is 3.55. The Morgan fingerprint density at radius 2 is 1.66 bits per heavy atom. The van der Waals surface area contributed by atoms with Crippen LogP contribution in [-0.2, 0) is 25.4 Å². The Labute approximate surface area is 168 Å². The molecule has 0 bridgehead atoms. The molecular weight excluding hydrogens is 370 g/mol. The van der Waals surface area contributed by atoms with E-state index < -0.39 is 17.2 Å². The standard InChI is InChI=1S/C21H27N5O3/c1-12(2)14-8-7-9-15(13(3)4)17(14)23-16(27)10-26-20(28)18-19(22-11-24(18)5)25(6)21(26)29/h7-9,11-13H,10H2,1-6H3,(H,23,27). The van der Waals surface area contributed by atoms with Crippen LogP contribution in [0.25, 0.3) is 11.2 Å². The molecule has 0 radical (unpaired) electrons. The highest BCUT2D eigenvalue weighted by Gasteiger charge is 2.19. The Morgan fingerprint density at radius 1 is 1.07 bits per heavy atom. The molecule has 8 nitrogen and oxygen atoms in total. The van der Waals surface area contributed by atoms with Crippen LogP contribution >= 0.6 is 0 Å². The number of nitrogens with zero attached hydrogens (tertiary/aromatic N) is 4. The van der Waals surface area contributed by atoms with E-state index in [9.17, 15) is 14.4 Å². The first-order chi connectivity index (χ1) is 13.6. The molecule has 0 aliphatic carbocycles. The van der Waals surface area contributed by atoms with Gasteiger partial charge in [0.1, 0.15) is 6.54 Å². The van der Waals surface area contributed by atoms with E-state index in [2.05, 4.69) is 38.0 Å². The van der Waals surface area contributed by atoms with Gasteiger partial charge in [-0.2, -0.15) is 0 Å². The maximum atomic E-state index is 12.9. The Morgan fingerprint density at radius 3 is 2.21 bits per heavy atom. The summed E-state index contributed by atoms with van der Waals surface area (Å²) in [6.07, 6.45) is 1.48. The number of para-hydroxylation sites is 1. The fourth-order valence-electron chi connectivity index (χ4n) is 3.55. The number of rotatable bonds is 5. The lowest BCUT2D eigenvalue weighted by Crippen LogP contribution is -2.42. The van der Waals surface area contributed by atoms with Crippen LogP contribution in [0, 0.1) is 0 Å². The van der Waals surface area contributed by atoms with E-state index in [0.717, 1.165) is 21.4 Å². The van der Waals surface area contributed by atoms with Gasteiger partial charge >= 0.3 is 5.69 Å². The zero-order valence-corrected chi connectivity index (χ0v) is 17.7. The van der Waals surface area contributed by atoms with Gasteiger partial charge in [-0.25, -0.2) is 14.3 Å². The van der Waals surface area contributed by atoms with Crippen molar-refractivity contribution in [1.29, 1.82) is 0 Å². The van der Waals surface area contributed by atoms with Crippen LogP contribution < -0.4 is 16.6 Å². The summed E-state index contributed by atoms with van der Waals surface area (Å²) in [5.41, 5.74) is 2.28. The highest BCUT2D eigenvalue weighted by Crippen LogP contribution is 2.32. The third kappa shape index (κ3) is 3.62. The first kappa shape index (κ1) is 20.6. The molecule has 0 spiro atoms. The largest absolute Gasteiger partial charge is 0.332 e. The number of carbonyl (C=O) groups excluding carboxylic acids is 1. The summed E-state index contributed by atoms with van der Waals surface area (Å²) in [4.78, 5) is 42.4. The molecular formula is C21H27N5O3. The summed E-state index contributed by atoms with van der Waals surface area (Å²) in [7, 11) is 3.22. The van der Waals surface area contributed by atoms with Crippen LogP contribution in [0.5, 0.6) is 0 Å². The van der Waals surface area contributed by atoms with E-state index >= 15 is 0 Å². The minimum Gasteiger partial charge on any atom is -0.328 e. The second kappa shape index (κ2) is 7.69. The molecule has 1 N–H and O–H groups in total. The summed E-state index contributed by atoms with van der Waals surface area (Å²) >= 11 is 0. The number of fused-ring (bicyclic) bond motifs is 1. The molecule has 2 aromatic heterocycles. The van der Waals surface area contributed by atoms with Crippen LogP contribution in [0.3, 0.4) is 0 Å². The summed E-state index contributed by atoms with van der Waals surface area (Å²) < 4.78 is 3.79. The summed E-state index contributed by atoms with van der Waals surface area (Å²) in [5.74, 6) is 0.0106. The number of imidazole rings is 1. The van der Waals surface area contributed by atoms with Gasteiger partial charge in [0.05, 0.1) is 6.33 Å². The molecule has 3 aromatic rings. The molecule has 0 saturated heterocycles. The van der Waals surface area contributed by atoms with Crippen molar-refractivity contribution >= 4 is 22.8 Å². The normalized spacial score (nSPS) is 11.6. The molecule has 1 amide bonds. The second-order valence-corrected chi connectivity index (χ2v) is 7.93. The lowest BCUT2D eigenvalue weighted by Gasteiger charge is -2.20. The zero-order valence-electron chi connectivity index (χ0n) is 17.7. The molecule has 2 heterocycles. The van der Waals surface area contributed by atoms with Gasteiger partial charge in [-0.15, -0.1) is 0 Å². The Balaban J connectivity index is 2.03. The second-order valence-electron chi connectivity index (χ2n) is 7.93. The number of nitrogens with one attached hydrogen (secondary N) is 1. The van der Waals surface area contributed by atoms with Crippen LogP contribution in [0.1, 0.15) is 50.7 Å². The van der Waals surface area contributed by atoms with E-state index in [1.54, 1.807) is 11.6 Å². The molecule has 0 fully saturated rings. The molecule has 29 heavy (non-hydrogen) atoms. The number of aryl methyl sites for hydroxylation is 2. The molecule has 154 valence electrons. The van der Waals surface area contributed by atoms with Gasteiger partial charge in [-0.05, 0) is 23.0 Å². The topological polar surface area (TPSA) is 90.9 Å². The van der Waals surface area contributed by atoms with Crippen LogP contribution in [0.15, 0.2) is 34.1 Å². The van der Waals surface area contributed by atoms with Gasteiger partial charge in [0.25, 0.3) is 5.56 Å². The molecule has 0 aliphatic rings. The first-order valence-corrected chi connectivity index (χ1v) is 9.67. The highest BCUT2D eigenvalue weighted by atomic mass is 16.2. The molecule has 0 saturated carbocycles. The van der Waals surface area contributed by atoms with E-state index in [0.29, 0.717) is 5.65 Å². The number of amides is 1. The number of carbonyl (C=O) groups is 1. The smallest absolute Gasteiger partial charge is 0.328 e. The number of hydrogen-bond donors (Lipinski definition) is 1. The van der Waals surface area contributed by atoms with Gasteiger partial charge in [0, 0.05) is 19.8 Å². The molecule has 0 aliphatic heterocycles. The maximum absolute atomic E-state index is 12.9. The Kier molecular flexibility index (Phi) is 5.46. The minimum absolute atomic E-state index is 0.213. The summed E-state index contributed by atoms with van der Waals surface area (Å²) in [6, 6.07) is 5.95. The average molecular weight is 397 g/mol. The van der Waals surface area contributed by atoms with Gasteiger partial charge in [-0.3, -0.25) is 14.2 Å². The van der Waals surface area contributed by atoms with Gasteiger partial charge in [0.2, 0.25) is 5.91 Å². The third-order valence-corrected chi connectivity index (χ3v) is 5.14. The maximum Gasteiger partial charge on any atom is 0.332 e. The van der Waals surface area contributed by atoms with Crippen molar-refractivity contribution in [3.05, 3.63) is 56.5 Å². The lowest BCUT2D eigenvalue weighted by molar-refractivity contribution is -0.116. The SMILES string of the molecule is CC(C)c1cccc(C(C)C)c1NC(=O)Cn1c(=O)c2c(ncn2C)n(C)c1=O. The summed E-state index contributed by atoms with van der Waals surface area (Å²) in [5, 5.41) is 2.95. The van der Waals surface area contributed by atoms with Crippen molar-refractivity contribution in [2.24, 2.45) is 14.1 Å². The van der Waals surface area contributed by atoms with Gasteiger partial charge < -0.3 is 9.88 Å². The van der Waals surface area contributed by atoms with Crippen molar-refractivity contribution < 1.29 is 4.79 Å². The van der Waals surface area contributed by atoms with E-state index in [4.69, 9.17) is 0 Å². The lowest BCUT2D eigenvalue weighted by atomic mass is 9.92. The molecule has 3 rings (SSSR count). The monoisotopic (exact) mass is 397 g/mol. The molecule has 0 unspecified atom stereocenters. The van der Waals surface area contributed by atoms with E-state index in [1.165, 1.54) is 17.9 Å². The average Bonchev–Trinajstić information content (AvgIpc) is 3.05.